The molecule has 2 aliphatic rings. The predicted molar refractivity (Wildman–Crippen MR) is 84.8 cm³/mol. The fraction of sp³-hybridized carbons (Fsp3) is 0.625. The maximum absolute atomic E-state index is 3.76. The normalized spacial score (nSPS) is 27.6. The first-order valence-electron chi connectivity index (χ1n) is 7.45. The number of nitrogens with zero attached hydrogens (tertiary/aromatic N) is 1. The fourth-order valence-electron chi connectivity index (χ4n) is 3.14. The SMILES string of the molecule is CCC1CNC(C2CC2)CN1c1cc(C)ccc1Br. The Morgan fingerprint density at radius 3 is 2.84 bits per heavy atom. The van der Waals surface area contributed by atoms with Crippen LogP contribution in [0.5, 0.6) is 0 Å². The van der Waals surface area contributed by atoms with Gasteiger partial charge in [0.05, 0.1) is 5.69 Å². The van der Waals surface area contributed by atoms with Gasteiger partial charge in [-0.1, -0.05) is 13.0 Å². The van der Waals surface area contributed by atoms with Crippen LogP contribution in [0.4, 0.5) is 5.69 Å². The van der Waals surface area contributed by atoms with E-state index >= 15 is 0 Å². The zero-order valence-electron chi connectivity index (χ0n) is 11.8. The second kappa shape index (κ2) is 5.45. The highest BCUT2D eigenvalue weighted by molar-refractivity contribution is 9.10. The summed E-state index contributed by atoms with van der Waals surface area (Å²) in [7, 11) is 0. The second-order valence-electron chi connectivity index (χ2n) is 6.02. The van der Waals surface area contributed by atoms with Crippen LogP contribution in [0.25, 0.3) is 0 Å². The van der Waals surface area contributed by atoms with Crippen LogP contribution < -0.4 is 10.2 Å². The molecule has 2 fully saturated rings. The van der Waals surface area contributed by atoms with Crippen LogP contribution in [0.15, 0.2) is 22.7 Å². The van der Waals surface area contributed by atoms with E-state index in [2.05, 4.69) is 58.2 Å². The molecule has 19 heavy (non-hydrogen) atoms. The average molecular weight is 323 g/mol. The quantitative estimate of drug-likeness (QED) is 0.912. The Labute approximate surface area is 124 Å². The standard InChI is InChI=1S/C16H23BrN2/c1-3-13-9-18-15(12-5-6-12)10-19(13)16-8-11(2)4-7-14(16)17/h4,7-8,12-13,15,18H,3,5-6,9-10H2,1-2H3. The minimum Gasteiger partial charge on any atom is -0.365 e. The zero-order chi connectivity index (χ0) is 13.4. The van der Waals surface area contributed by atoms with Crippen molar-refractivity contribution >= 4 is 21.6 Å². The summed E-state index contributed by atoms with van der Waals surface area (Å²) < 4.78 is 1.23. The molecule has 0 amide bonds. The molecule has 2 nitrogen and oxygen atoms in total. The van der Waals surface area contributed by atoms with Crippen molar-refractivity contribution in [1.29, 1.82) is 0 Å². The van der Waals surface area contributed by atoms with E-state index in [1.54, 1.807) is 0 Å². The number of benzene rings is 1. The Bertz CT molecular complexity index is 456. The number of halogens is 1. The highest BCUT2D eigenvalue weighted by Crippen LogP contribution is 2.37. The molecular weight excluding hydrogens is 300 g/mol. The van der Waals surface area contributed by atoms with Crippen LogP contribution in [-0.2, 0) is 0 Å². The average Bonchev–Trinajstić information content (AvgIpc) is 3.25. The molecule has 1 saturated carbocycles. The van der Waals surface area contributed by atoms with Crippen LogP contribution in [0, 0.1) is 12.8 Å². The number of anilines is 1. The Balaban J connectivity index is 1.87. The van der Waals surface area contributed by atoms with Crippen molar-refractivity contribution in [3.05, 3.63) is 28.2 Å². The number of aryl methyl sites for hydroxylation is 1. The van der Waals surface area contributed by atoms with Gasteiger partial charge in [0.2, 0.25) is 0 Å². The van der Waals surface area contributed by atoms with Gasteiger partial charge in [0, 0.05) is 29.6 Å². The van der Waals surface area contributed by atoms with Crippen molar-refractivity contribution in [3.8, 4) is 0 Å². The molecule has 104 valence electrons. The smallest absolute Gasteiger partial charge is 0.0516 e. The van der Waals surface area contributed by atoms with Gasteiger partial charge in [-0.15, -0.1) is 0 Å². The van der Waals surface area contributed by atoms with E-state index < -0.39 is 0 Å². The van der Waals surface area contributed by atoms with E-state index in [0.29, 0.717) is 12.1 Å². The van der Waals surface area contributed by atoms with Gasteiger partial charge in [0.25, 0.3) is 0 Å². The topological polar surface area (TPSA) is 15.3 Å². The van der Waals surface area contributed by atoms with E-state index in [1.165, 1.54) is 35.0 Å². The molecule has 0 bridgehead atoms. The lowest BCUT2D eigenvalue weighted by atomic mass is 10.0. The lowest BCUT2D eigenvalue weighted by molar-refractivity contribution is 0.359. The predicted octanol–water partition coefficient (Wildman–Crippen LogP) is 3.72. The Morgan fingerprint density at radius 1 is 1.37 bits per heavy atom. The van der Waals surface area contributed by atoms with Gasteiger partial charge >= 0.3 is 0 Å². The molecule has 1 aliphatic carbocycles. The first-order chi connectivity index (χ1) is 9.19. The van der Waals surface area contributed by atoms with Crippen molar-refractivity contribution in [1.82, 2.24) is 5.32 Å². The highest BCUT2D eigenvalue weighted by Gasteiger charge is 2.37. The van der Waals surface area contributed by atoms with Crippen molar-refractivity contribution in [2.45, 2.75) is 45.2 Å². The molecule has 1 heterocycles. The molecule has 3 heteroatoms. The minimum absolute atomic E-state index is 0.619. The highest BCUT2D eigenvalue weighted by atomic mass is 79.9. The summed E-state index contributed by atoms with van der Waals surface area (Å²) in [6, 6.07) is 7.99. The molecule has 0 radical (unpaired) electrons. The second-order valence-corrected chi connectivity index (χ2v) is 6.88. The molecular formula is C16H23BrN2. The van der Waals surface area contributed by atoms with Crippen molar-refractivity contribution in [3.63, 3.8) is 0 Å². The third-order valence-corrected chi connectivity index (χ3v) is 5.19. The number of rotatable bonds is 3. The minimum atomic E-state index is 0.619. The van der Waals surface area contributed by atoms with E-state index in [4.69, 9.17) is 0 Å². The van der Waals surface area contributed by atoms with E-state index in [-0.39, 0.29) is 0 Å². The molecule has 1 aliphatic heterocycles. The van der Waals surface area contributed by atoms with Crippen LogP contribution in [0.2, 0.25) is 0 Å². The van der Waals surface area contributed by atoms with E-state index in [0.717, 1.165) is 19.0 Å². The van der Waals surface area contributed by atoms with Gasteiger partial charge in [-0.05, 0) is 65.7 Å². The molecule has 2 unspecified atom stereocenters. The molecule has 1 saturated heterocycles. The zero-order valence-corrected chi connectivity index (χ0v) is 13.4. The molecule has 0 aromatic heterocycles. The number of piperazine rings is 1. The third-order valence-electron chi connectivity index (χ3n) is 4.52. The fourth-order valence-corrected chi connectivity index (χ4v) is 3.61. The van der Waals surface area contributed by atoms with E-state index in [1.807, 2.05) is 0 Å². The van der Waals surface area contributed by atoms with Crippen LogP contribution >= 0.6 is 15.9 Å². The molecule has 2 atom stereocenters. The van der Waals surface area contributed by atoms with Gasteiger partial charge in [0.1, 0.15) is 0 Å². The Hall–Kier alpha value is -0.540. The summed E-state index contributed by atoms with van der Waals surface area (Å²) >= 11 is 3.73. The van der Waals surface area contributed by atoms with Crippen LogP contribution in [-0.4, -0.2) is 25.2 Å². The molecule has 1 aromatic carbocycles. The number of hydrogen-bond acceptors (Lipinski definition) is 2. The lowest BCUT2D eigenvalue weighted by Crippen LogP contribution is -2.57. The lowest BCUT2D eigenvalue weighted by Gasteiger charge is -2.42. The molecule has 1 N–H and O–H groups in total. The maximum atomic E-state index is 3.76. The van der Waals surface area contributed by atoms with Gasteiger partial charge in [-0.3, -0.25) is 0 Å². The molecule has 3 rings (SSSR count). The van der Waals surface area contributed by atoms with Gasteiger partial charge < -0.3 is 10.2 Å². The van der Waals surface area contributed by atoms with E-state index in [9.17, 15) is 0 Å². The molecule has 1 aromatic rings. The summed E-state index contributed by atoms with van der Waals surface area (Å²) in [4.78, 5) is 2.62. The summed E-state index contributed by atoms with van der Waals surface area (Å²) in [5, 5.41) is 3.76. The first-order valence-corrected chi connectivity index (χ1v) is 8.24. The Kier molecular flexibility index (Phi) is 3.86. The van der Waals surface area contributed by atoms with Gasteiger partial charge in [0.15, 0.2) is 0 Å². The van der Waals surface area contributed by atoms with Gasteiger partial charge in [-0.2, -0.15) is 0 Å². The third kappa shape index (κ3) is 2.82. The van der Waals surface area contributed by atoms with Crippen LogP contribution in [0.3, 0.4) is 0 Å². The summed E-state index contributed by atoms with van der Waals surface area (Å²) in [6.07, 6.45) is 4.03. The monoisotopic (exact) mass is 322 g/mol. The largest absolute Gasteiger partial charge is 0.365 e. The van der Waals surface area contributed by atoms with Gasteiger partial charge in [-0.25, -0.2) is 0 Å². The summed E-state index contributed by atoms with van der Waals surface area (Å²) in [6.45, 7) is 6.75. The maximum Gasteiger partial charge on any atom is 0.0516 e. The van der Waals surface area contributed by atoms with Crippen LogP contribution in [0.1, 0.15) is 31.7 Å². The summed E-state index contributed by atoms with van der Waals surface area (Å²) in [5.41, 5.74) is 2.72. The number of nitrogens with one attached hydrogen (secondary N) is 1. The summed E-state index contributed by atoms with van der Waals surface area (Å²) in [5.74, 6) is 0.920. The number of hydrogen-bond donors (Lipinski definition) is 1. The molecule has 0 spiro atoms. The van der Waals surface area contributed by atoms with Crippen molar-refractivity contribution in [2.75, 3.05) is 18.0 Å². The van der Waals surface area contributed by atoms with Crippen molar-refractivity contribution < 1.29 is 0 Å². The van der Waals surface area contributed by atoms with Crippen molar-refractivity contribution in [2.24, 2.45) is 5.92 Å². The Morgan fingerprint density at radius 2 is 2.16 bits per heavy atom. The first kappa shape index (κ1) is 13.4.